The average molecular weight is 185 g/mol. The molecule has 0 atom stereocenters. The normalized spacial score (nSPS) is 16.4. The number of nitrogens with zero attached hydrogens (tertiary/aromatic N) is 2. The molecule has 0 unspecified atom stereocenters. The van der Waals surface area contributed by atoms with Crippen molar-refractivity contribution in [2.75, 3.05) is 0 Å². The first-order valence-electron chi connectivity index (χ1n) is 3.99. The lowest BCUT2D eigenvalue weighted by atomic mass is 10.4. The van der Waals surface area contributed by atoms with Crippen LogP contribution in [0.1, 0.15) is 12.8 Å². The van der Waals surface area contributed by atoms with Gasteiger partial charge in [0.25, 0.3) is 5.56 Å². The maximum atomic E-state index is 11.3. The van der Waals surface area contributed by atoms with Crippen molar-refractivity contribution in [3.8, 4) is 0 Å². The molecule has 1 aliphatic rings. The SMILES string of the molecule is O=c1c(Cl)ccnn1CC1CC1. The summed E-state index contributed by atoms with van der Waals surface area (Å²) in [4.78, 5) is 11.3. The van der Waals surface area contributed by atoms with Crippen LogP contribution in [0.3, 0.4) is 0 Å². The Morgan fingerprint density at radius 1 is 1.67 bits per heavy atom. The van der Waals surface area contributed by atoms with Gasteiger partial charge in [0.2, 0.25) is 0 Å². The Morgan fingerprint density at radius 3 is 3.08 bits per heavy atom. The zero-order valence-corrected chi connectivity index (χ0v) is 7.29. The van der Waals surface area contributed by atoms with Crippen LogP contribution in [-0.2, 0) is 6.54 Å². The molecule has 2 rings (SSSR count). The van der Waals surface area contributed by atoms with Crippen LogP contribution in [0.5, 0.6) is 0 Å². The highest BCUT2D eigenvalue weighted by Gasteiger charge is 2.22. The van der Waals surface area contributed by atoms with E-state index in [2.05, 4.69) is 5.10 Å². The van der Waals surface area contributed by atoms with Crippen molar-refractivity contribution in [1.29, 1.82) is 0 Å². The fourth-order valence-electron chi connectivity index (χ4n) is 1.10. The fraction of sp³-hybridized carbons (Fsp3) is 0.500. The summed E-state index contributed by atoms with van der Waals surface area (Å²) >= 11 is 5.64. The Bertz CT molecular complexity index is 343. The van der Waals surface area contributed by atoms with E-state index in [0.717, 1.165) is 6.54 Å². The molecule has 0 aromatic carbocycles. The lowest BCUT2D eigenvalue weighted by Crippen LogP contribution is -2.23. The predicted molar refractivity (Wildman–Crippen MR) is 46.2 cm³/mol. The van der Waals surface area contributed by atoms with Gasteiger partial charge in [0.15, 0.2) is 0 Å². The molecule has 0 N–H and O–H groups in total. The minimum absolute atomic E-state index is 0.175. The Morgan fingerprint density at radius 2 is 2.42 bits per heavy atom. The van der Waals surface area contributed by atoms with Gasteiger partial charge in [-0.25, -0.2) is 4.68 Å². The Hall–Kier alpha value is -0.830. The van der Waals surface area contributed by atoms with Crippen LogP contribution < -0.4 is 5.56 Å². The molecular weight excluding hydrogens is 176 g/mol. The molecule has 0 aliphatic heterocycles. The zero-order valence-electron chi connectivity index (χ0n) is 6.53. The lowest BCUT2D eigenvalue weighted by molar-refractivity contribution is 0.533. The molecule has 0 spiro atoms. The monoisotopic (exact) mass is 184 g/mol. The molecule has 4 heteroatoms. The second kappa shape index (κ2) is 2.90. The third kappa shape index (κ3) is 1.50. The Kier molecular flexibility index (Phi) is 1.89. The van der Waals surface area contributed by atoms with Crippen LogP contribution in [0.25, 0.3) is 0 Å². The maximum Gasteiger partial charge on any atom is 0.285 e. The van der Waals surface area contributed by atoms with Crippen molar-refractivity contribution in [2.45, 2.75) is 19.4 Å². The third-order valence-electron chi connectivity index (χ3n) is 1.99. The van der Waals surface area contributed by atoms with E-state index >= 15 is 0 Å². The van der Waals surface area contributed by atoms with E-state index in [9.17, 15) is 4.79 Å². The van der Waals surface area contributed by atoms with Crippen molar-refractivity contribution >= 4 is 11.6 Å². The lowest BCUT2D eigenvalue weighted by Gasteiger charge is -2.01. The van der Waals surface area contributed by atoms with Crippen molar-refractivity contribution in [3.63, 3.8) is 0 Å². The molecule has 1 aromatic rings. The van der Waals surface area contributed by atoms with E-state index < -0.39 is 0 Å². The van der Waals surface area contributed by atoms with Gasteiger partial charge in [-0.15, -0.1) is 0 Å². The molecule has 64 valence electrons. The summed E-state index contributed by atoms with van der Waals surface area (Å²) in [5.74, 6) is 0.647. The van der Waals surface area contributed by atoms with E-state index in [-0.39, 0.29) is 10.6 Å². The molecule has 0 amide bonds. The topological polar surface area (TPSA) is 34.9 Å². The highest BCUT2D eigenvalue weighted by molar-refractivity contribution is 6.30. The van der Waals surface area contributed by atoms with Crippen LogP contribution in [-0.4, -0.2) is 9.78 Å². The summed E-state index contributed by atoms with van der Waals surface area (Å²) < 4.78 is 1.44. The quantitative estimate of drug-likeness (QED) is 0.695. The molecule has 1 fully saturated rings. The molecule has 3 nitrogen and oxygen atoms in total. The number of hydrogen-bond donors (Lipinski definition) is 0. The van der Waals surface area contributed by atoms with E-state index in [1.807, 2.05) is 0 Å². The highest BCUT2D eigenvalue weighted by atomic mass is 35.5. The minimum Gasteiger partial charge on any atom is -0.266 e. The molecular formula is C8H9ClN2O. The third-order valence-corrected chi connectivity index (χ3v) is 2.28. The van der Waals surface area contributed by atoms with Crippen LogP contribution in [0.2, 0.25) is 5.02 Å². The summed E-state index contributed by atoms with van der Waals surface area (Å²) in [7, 11) is 0. The van der Waals surface area contributed by atoms with Gasteiger partial charge >= 0.3 is 0 Å². The van der Waals surface area contributed by atoms with Gasteiger partial charge in [0.05, 0.1) is 0 Å². The molecule has 12 heavy (non-hydrogen) atoms. The number of aromatic nitrogens is 2. The molecule has 1 saturated carbocycles. The van der Waals surface area contributed by atoms with E-state index in [1.165, 1.54) is 23.6 Å². The van der Waals surface area contributed by atoms with Crippen LogP contribution in [0.4, 0.5) is 0 Å². The maximum absolute atomic E-state index is 11.3. The second-order valence-corrected chi connectivity index (χ2v) is 3.52. The standard InChI is InChI=1S/C8H9ClN2O/c9-7-3-4-10-11(8(7)12)5-6-1-2-6/h3-4,6H,1-2,5H2. The Labute approximate surface area is 75.0 Å². The zero-order chi connectivity index (χ0) is 8.55. The largest absolute Gasteiger partial charge is 0.285 e. The fourth-order valence-corrected chi connectivity index (χ4v) is 1.26. The molecule has 1 aliphatic carbocycles. The summed E-state index contributed by atoms with van der Waals surface area (Å²) in [6.07, 6.45) is 3.98. The first kappa shape index (κ1) is 7.80. The molecule has 0 radical (unpaired) electrons. The molecule has 0 bridgehead atoms. The Balaban J connectivity index is 2.29. The summed E-state index contributed by atoms with van der Waals surface area (Å²) in [6, 6.07) is 1.52. The van der Waals surface area contributed by atoms with Gasteiger partial charge in [-0.3, -0.25) is 4.79 Å². The second-order valence-electron chi connectivity index (χ2n) is 3.11. The van der Waals surface area contributed by atoms with Gasteiger partial charge in [-0.05, 0) is 24.8 Å². The number of rotatable bonds is 2. The summed E-state index contributed by atoms with van der Waals surface area (Å²) in [5.41, 5.74) is -0.175. The number of halogens is 1. The van der Waals surface area contributed by atoms with Gasteiger partial charge in [0.1, 0.15) is 5.02 Å². The first-order chi connectivity index (χ1) is 5.77. The van der Waals surface area contributed by atoms with Crippen LogP contribution in [0, 0.1) is 5.92 Å². The summed E-state index contributed by atoms with van der Waals surface area (Å²) in [5, 5.41) is 4.19. The smallest absolute Gasteiger partial charge is 0.266 e. The number of hydrogen-bond acceptors (Lipinski definition) is 2. The van der Waals surface area contributed by atoms with Gasteiger partial charge in [-0.2, -0.15) is 5.10 Å². The summed E-state index contributed by atoms with van der Waals surface area (Å²) in [6.45, 7) is 0.722. The highest BCUT2D eigenvalue weighted by Crippen LogP contribution is 2.29. The van der Waals surface area contributed by atoms with E-state index in [1.54, 1.807) is 6.20 Å². The van der Waals surface area contributed by atoms with Gasteiger partial charge in [-0.1, -0.05) is 11.6 Å². The van der Waals surface area contributed by atoms with E-state index in [4.69, 9.17) is 11.6 Å². The van der Waals surface area contributed by atoms with Crippen molar-refractivity contribution in [3.05, 3.63) is 27.6 Å². The van der Waals surface area contributed by atoms with Gasteiger partial charge in [0, 0.05) is 12.7 Å². The molecule has 0 saturated heterocycles. The molecule has 1 heterocycles. The van der Waals surface area contributed by atoms with Crippen LogP contribution in [0.15, 0.2) is 17.1 Å². The van der Waals surface area contributed by atoms with Crippen molar-refractivity contribution < 1.29 is 0 Å². The van der Waals surface area contributed by atoms with E-state index in [0.29, 0.717) is 5.92 Å². The van der Waals surface area contributed by atoms with Crippen molar-refractivity contribution in [2.24, 2.45) is 5.92 Å². The molecule has 1 aromatic heterocycles. The average Bonchev–Trinajstić information content (AvgIpc) is 2.83. The first-order valence-corrected chi connectivity index (χ1v) is 4.37. The van der Waals surface area contributed by atoms with Crippen molar-refractivity contribution in [1.82, 2.24) is 9.78 Å². The predicted octanol–water partition coefficient (Wildman–Crippen LogP) is 1.31. The van der Waals surface area contributed by atoms with Gasteiger partial charge < -0.3 is 0 Å². The minimum atomic E-state index is -0.175. The van der Waals surface area contributed by atoms with Crippen LogP contribution >= 0.6 is 11.6 Å².